The molecule has 22 heavy (non-hydrogen) atoms. The lowest BCUT2D eigenvalue weighted by Gasteiger charge is -2.37. The maximum atomic E-state index is 13.3. The zero-order valence-electron chi connectivity index (χ0n) is 12.6. The molecular formula is C15H19FN2O4. The van der Waals surface area contributed by atoms with Gasteiger partial charge in [-0.1, -0.05) is 6.07 Å². The number of nitrogens with zero attached hydrogens (tertiary/aromatic N) is 2. The first-order valence-electron chi connectivity index (χ1n) is 7.00. The first-order valence-corrected chi connectivity index (χ1v) is 7.00. The van der Waals surface area contributed by atoms with E-state index in [0.717, 1.165) is 0 Å². The number of hydrogen-bond donors (Lipinski definition) is 1. The second kappa shape index (κ2) is 6.74. The summed E-state index contributed by atoms with van der Waals surface area (Å²) in [5.74, 6) is -1.32. The van der Waals surface area contributed by atoms with Crippen LogP contribution in [0.4, 0.5) is 4.39 Å². The summed E-state index contributed by atoms with van der Waals surface area (Å²) in [6, 6.07) is 2.91. The van der Waals surface area contributed by atoms with Crippen LogP contribution in [0.2, 0.25) is 0 Å². The van der Waals surface area contributed by atoms with Gasteiger partial charge in [-0.15, -0.1) is 0 Å². The van der Waals surface area contributed by atoms with E-state index in [9.17, 15) is 19.1 Å². The quantitative estimate of drug-likeness (QED) is 0.902. The Morgan fingerprint density at radius 3 is 2.41 bits per heavy atom. The summed E-state index contributed by atoms with van der Waals surface area (Å²) in [6.07, 6.45) is 0. The number of piperazine rings is 1. The van der Waals surface area contributed by atoms with E-state index in [1.54, 1.807) is 9.80 Å². The minimum absolute atomic E-state index is 0.0223. The van der Waals surface area contributed by atoms with Gasteiger partial charge in [-0.05, 0) is 6.07 Å². The molecule has 1 saturated heterocycles. The van der Waals surface area contributed by atoms with Crippen molar-refractivity contribution in [3.8, 4) is 5.75 Å². The van der Waals surface area contributed by atoms with Gasteiger partial charge in [0.15, 0.2) is 0 Å². The molecule has 1 aliphatic heterocycles. The van der Waals surface area contributed by atoms with Gasteiger partial charge >= 0.3 is 5.97 Å². The van der Waals surface area contributed by atoms with Crippen LogP contribution in [0, 0.1) is 5.82 Å². The lowest BCUT2D eigenvalue weighted by atomic mass is 10.0. The number of halogens is 1. The van der Waals surface area contributed by atoms with Crippen molar-refractivity contribution in [3.63, 3.8) is 0 Å². The molecule has 0 saturated carbocycles. The first kappa shape index (κ1) is 16.2. The third-order valence-electron chi connectivity index (χ3n) is 3.85. The molecule has 1 aliphatic rings. The Morgan fingerprint density at radius 2 is 1.91 bits per heavy atom. The maximum absolute atomic E-state index is 13.3. The highest BCUT2D eigenvalue weighted by Gasteiger charge is 2.32. The van der Waals surface area contributed by atoms with E-state index in [1.165, 1.54) is 32.2 Å². The number of aliphatic carboxylic acids is 1. The molecular weight excluding hydrogens is 291 g/mol. The highest BCUT2D eigenvalue weighted by atomic mass is 19.1. The number of carboxylic acids is 1. The average molecular weight is 310 g/mol. The number of carbonyl (C=O) groups excluding carboxylic acids is 1. The van der Waals surface area contributed by atoms with Crippen LogP contribution in [0.3, 0.4) is 0 Å². The van der Waals surface area contributed by atoms with Gasteiger partial charge < -0.3 is 14.7 Å². The molecule has 1 amide bonds. The van der Waals surface area contributed by atoms with Crippen molar-refractivity contribution in [2.24, 2.45) is 0 Å². The number of carboxylic acid groups (broad SMARTS) is 1. The summed E-state index contributed by atoms with van der Waals surface area (Å²) in [4.78, 5) is 26.5. The molecule has 1 N–H and O–H groups in total. The third kappa shape index (κ3) is 3.36. The zero-order chi connectivity index (χ0) is 16.3. The van der Waals surface area contributed by atoms with Crippen LogP contribution in [-0.2, 0) is 9.59 Å². The fraction of sp³-hybridized carbons (Fsp3) is 0.467. The molecule has 1 heterocycles. The normalized spacial score (nSPS) is 17.1. The zero-order valence-corrected chi connectivity index (χ0v) is 12.6. The van der Waals surface area contributed by atoms with E-state index in [-0.39, 0.29) is 11.7 Å². The van der Waals surface area contributed by atoms with Crippen molar-refractivity contribution in [2.75, 3.05) is 33.3 Å². The highest BCUT2D eigenvalue weighted by Crippen LogP contribution is 2.31. The Labute approximate surface area is 128 Å². The molecule has 6 nitrogen and oxygen atoms in total. The maximum Gasteiger partial charge on any atom is 0.325 e. The van der Waals surface area contributed by atoms with Gasteiger partial charge in [-0.3, -0.25) is 14.5 Å². The van der Waals surface area contributed by atoms with E-state index < -0.39 is 17.8 Å². The fourth-order valence-electron chi connectivity index (χ4n) is 2.69. The number of benzene rings is 1. The summed E-state index contributed by atoms with van der Waals surface area (Å²) in [5.41, 5.74) is 0.410. The van der Waals surface area contributed by atoms with Crippen LogP contribution in [0.5, 0.6) is 5.75 Å². The van der Waals surface area contributed by atoms with Gasteiger partial charge in [-0.25, -0.2) is 4.39 Å². The third-order valence-corrected chi connectivity index (χ3v) is 3.85. The fourth-order valence-corrected chi connectivity index (χ4v) is 2.69. The summed E-state index contributed by atoms with van der Waals surface area (Å²) in [5, 5.41) is 9.57. The molecule has 1 aromatic carbocycles. The molecule has 0 spiro atoms. The minimum atomic E-state index is -1.03. The Hall–Kier alpha value is -2.15. The molecule has 1 atom stereocenters. The van der Waals surface area contributed by atoms with Crippen LogP contribution in [0.1, 0.15) is 18.5 Å². The summed E-state index contributed by atoms with van der Waals surface area (Å²) < 4.78 is 18.4. The van der Waals surface area contributed by atoms with Crippen LogP contribution < -0.4 is 4.74 Å². The Balaban J connectivity index is 2.25. The van der Waals surface area contributed by atoms with Crippen molar-refractivity contribution >= 4 is 11.9 Å². The molecule has 120 valence electrons. The number of ether oxygens (including phenoxy) is 1. The van der Waals surface area contributed by atoms with Gasteiger partial charge in [0, 0.05) is 44.7 Å². The van der Waals surface area contributed by atoms with Gasteiger partial charge in [0.2, 0.25) is 5.91 Å². The average Bonchev–Trinajstić information content (AvgIpc) is 2.49. The second-order valence-corrected chi connectivity index (χ2v) is 5.17. The van der Waals surface area contributed by atoms with E-state index >= 15 is 0 Å². The molecule has 2 rings (SSSR count). The van der Waals surface area contributed by atoms with Gasteiger partial charge in [0.05, 0.1) is 7.11 Å². The van der Waals surface area contributed by atoms with Crippen molar-refractivity contribution < 1.29 is 23.8 Å². The number of hydrogen-bond acceptors (Lipinski definition) is 4. The number of carbonyl (C=O) groups is 2. The van der Waals surface area contributed by atoms with Crippen LogP contribution in [0.15, 0.2) is 18.2 Å². The van der Waals surface area contributed by atoms with E-state index in [2.05, 4.69) is 0 Å². The molecule has 7 heteroatoms. The van der Waals surface area contributed by atoms with Gasteiger partial charge in [0.1, 0.15) is 17.6 Å². The summed E-state index contributed by atoms with van der Waals surface area (Å²) in [7, 11) is 1.38. The van der Waals surface area contributed by atoms with E-state index in [0.29, 0.717) is 31.7 Å². The van der Waals surface area contributed by atoms with E-state index in [4.69, 9.17) is 4.74 Å². The Morgan fingerprint density at radius 1 is 1.27 bits per heavy atom. The summed E-state index contributed by atoms with van der Waals surface area (Å²) >= 11 is 0. The van der Waals surface area contributed by atoms with E-state index in [1.807, 2.05) is 0 Å². The van der Waals surface area contributed by atoms with Crippen molar-refractivity contribution in [1.82, 2.24) is 9.80 Å². The van der Waals surface area contributed by atoms with Crippen molar-refractivity contribution in [2.45, 2.75) is 13.0 Å². The molecule has 1 fully saturated rings. The van der Waals surface area contributed by atoms with Crippen LogP contribution in [0.25, 0.3) is 0 Å². The topological polar surface area (TPSA) is 70.1 Å². The Bertz CT molecular complexity index is 571. The highest BCUT2D eigenvalue weighted by molar-refractivity contribution is 5.77. The first-order chi connectivity index (χ1) is 10.4. The standard InChI is InChI=1S/C15H19FN2O4/c1-10(19)17-5-7-18(8-6-17)14(15(20)21)12-4-3-11(16)9-13(12)22-2/h3-4,9,14H,5-8H2,1-2H3,(H,20,21). The lowest BCUT2D eigenvalue weighted by Crippen LogP contribution is -2.50. The van der Waals surface area contributed by atoms with Crippen molar-refractivity contribution in [1.29, 1.82) is 0 Å². The van der Waals surface area contributed by atoms with Crippen molar-refractivity contribution in [3.05, 3.63) is 29.6 Å². The molecule has 0 radical (unpaired) electrons. The molecule has 1 aromatic rings. The number of rotatable bonds is 4. The molecule has 1 unspecified atom stereocenters. The Kier molecular flexibility index (Phi) is 4.97. The predicted octanol–water partition coefficient (Wildman–Crippen LogP) is 1.12. The molecule has 0 aliphatic carbocycles. The number of amides is 1. The SMILES string of the molecule is COc1cc(F)ccc1C(C(=O)O)N1CCN(C(C)=O)CC1. The van der Waals surface area contributed by atoms with Gasteiger partial charge in [-0.2, -0.15) is 0 Å². The number of methoxy groups -OCH3 is 1. The van der Waals surface area contributed by atoms with Crippen LogP contribution in [-0.4, -0.2) is 60.1 Å². The largest absolute Gasteiger partial charge is 0.496 e. The monoisotopic (exact) mass is 310 g/mol. The smallest absolute Gasteiger partial charge is 0.325 e. The lowest BCUT2D eigenvalue weighted by molar-refractivity contribution is -0.145. The summed E-state index contributed by atoms with van der Waals surface area (Å²) in [6.45, 7) is 3.33. The van der Waals surface area contributed by atoms with Crippen LogP contribution >= 0.6 is 0 Å². The molecule has 0 bridgehead atoms. The molecule has 0 aromatic heterocycles. The minimum Gasteiger partial charge on any atom is -0.496 e. The van der Waals surface area contributed by atoms with Gasteiger partial charge in [0.25, 0.3) is 0 Å². The second-order valence-electron chi connectivity index (χ2n) is 5.17. The predicted molar refractivity (Wildman–Crippen MR) is 77.2 cm³/mol.